The summed E-state index contributed by atoms with van der Waals surface area (Å²) < 4.78 is 5.70. The van der Waals surface area contributed by atoms with Crippen LogP contribution in [0.4, 0.5) is 16.2 Å². The molecule has 0 spiro atoms. The van der Waals surface area contributed by atoms with E-state index in [1.54, 1.807) is 0 Å². The van der Waals surface area contributed by atoms with Crippen LogP contribution in [0.25, 0.3) is 0 Å². The molecule has 150 valence electrons. The second-order valence-electron chi connectivity index (χ2n) is 7.84. The van der Waals surface area contributed by atoms with Gasteiger partial charge < -0.3 is 19.9 Å². The fourth-order valence-electron chi connectivity index (χ4n) is 3.33. The molecule has 5 nitrogen and oxygen atoms in total. The summed E-state index contributed by atoms with van der Waals surface area (Å²) in [7, 11) is 0. The Morgan fingerprint density at radius 3 is 2.04 bits per heavy atom. The van der Waals surface area contributed by atoms with Crippen LogP contribution < -0.4 is 15.0 Å². The predicted molar refractivity (Wildman–Crippen MR) is 116 cm³/mol. The SMILES string of the molecule is CC(C)Oc1ccc(N2CCN(C(=O)Nc3ccc(C(C)C)cc3)CC2)cc1. The standard InChI is InChI=1S/C23H31N3O2/c1-17(2)19-5-7-20(8-6-19)24-23(27)26-15-13-25(14-16-26)21-9-11-22(12-10-21)28-18(3)4/h5-12,17-18H,13-16H2,1-4H3,(H,24,27). The molecule has 0 bridgehead atoms. The monoisotopic (exact) mass is 381 g/mol. The Bertz CT molecular complexity index is 761. The van der Waals surface area contributed by atoms with Crippen molar-refractivity contribution in [3.8, 4) is 5.75 Å². The molecule has 1 aliphatic rings. The van der Waals surface area contributed by atoms with Crippen molar-refractivity contribution in [2.75, 3.05) is 36.4 Å². The molecule has 0 aliphatic carbocycles. The third kappa shape index (κ3) is 5.18. The first kappa shape index (κ1) is 20.1. The summed E-state index contributed by atoms with van der Waals surface area (Å²) in [5, 5.41) is 3.01. The van der Waals surface area contributed by atoms with Gasteiger partial charge in [-0.15, -0.1) is 0 Å². The molecule has 2 aromatic rings. The first-order valence-corrected chi connectivity index (χ1v) is 10.1. The fourth-order valence-corrected chi connectivity index (χ4v) is 3.33. The van der Waals surface area contributed by atoms with E-state index in [1.807, 2.05) is 43.0 Å². The summed E-state index contributed by atoms with van der Waals surface area (Å²) in [4.78, 5) is 16.7. The molecule has 0 atom stereocenters. The molecular weight excluding hydrogens is 350 g/mol. The number of nitrogens with one attached hydrogen (secondary N) is 1. The highest BCUT2D eigenvalue weighted by molar-refractivity contribution is 5.89. The highest BCUT2D eigenvalue weighted by atomic mass is 16.5. The number of hydrogen-bond donors (Lipinski definition) is 1. The minimum Gasteiger partial charge on any atom is -0.491 e. The van der Waals surface area contributed by atoms with Gasteiger partial charge in [-0.2, -0.15) is 0 Å². The van der Waals surface area contributed by atoms with Crippen molar-refractivity contribution in [1.82, 2.24) is 4.90 Å². The van der Waals surface area contributed by atoms with E-state index in [2.05, 4.69) is 48.3 Å². The van der Waals surface area contributed by atoms with Gasteiger partial charge in [-0.05, 0) is 61.7 Å². The van der Waals surface area contributed by atoms with Crippen LogP contribution in [0.3, 0.4) is 0 Å². The highest BCUT2D eigenvalue weighted by Crippen LogP contribution is 2.22. The molecule has 1 N–H and O–H groups in total. The Morgan fingerprint density at radius 2 is 1.50 bits per heavy atom. The summed E-state index contributed by atoms with van der Waals surface area (Å²) in [6.07, 6.45) is 0.175. The van der Waals surface area contributed by atoms with Crippen LogP contribution in [-0.4, -0.2) is 43.2 Å². The smallest absolute Gasteiger partial charge is 0.321 e. The lowest BCUT2D eigenvalue weighted by Crippen LogP contribution is -2.50. The average Bonchev–Trinajstić information content (AvgIpc) is 2.68. The molecule has 1 saturated heterocycles. The summed E-state index contributed by atoms with van der Waals surface area (Å²) >= 11 is 0. The van der Waals surface area contributed by atoms with E-state index in [-0.39, 0.29) is 12.1 Å². The molecule has 0 saturated carbocycles. The van der Waals surface area contributed by atoms with Gasteiger partial charge in [0.05, 0.1) is 6.10 Å². The van der Waals surface area contributed by atoms with Gasteiger partial charge in [0, 0.05) is 37.6 Å². The van der Waals surface area contributed by atoms with Crippen molar-refractivity contribution in [3.63, 3.8) is 0 Å². The molecule has 3 rings (SSSR count). The molecule has 1 fully saturated rings. The molecule has 0 unspecified atom stereocenters. The number of piperazine rings is 1. The molecular formula is C23H31N3O2. The third-order valence-electron chi connectivity index (χ3n) is 4.97. The number of hydrogen-bond acceptors (Lipinski definition) is 3. The van der Waals surface area contributed by atoms with Gasteiger partial charge in [0.25, 0.3) is 0 Å². The first-order chi connectivity index (χ1) is 13.4. The van der Waals surface area contributed by atoms with Crippen LogP contribution in [0.2, 0.25) is 0 Å². The Balaban J connectivity index is 1.51. The lowest BCUT2D eigenvalue weighted by Gasteiger charge is -2.36. The maximum atomic E-state index is 12.6. The van der Waals surface area contributed by atoms with E-state index in [0.717, 1.165) is 24.5 Å². The zero-order valence-electron chi connectivity index (χ0n) is 17.3. The van der Waals surface area contributed by atoms with Gasteiger partial charge in [-0.3, -0.25) is 0 Å². The van der Waals surface area contributed by atoms with Crippen molar-refractivity contribution in [2.24, 2.45) is 0 Å². The van der Waals surface area contributed by atoms with Crippen molar-refractivity contribution in [2.45, 2.75) is 39.7 Å². The Morgan fingerprint density at radius 1 is 0.893 bits per heavy atom. The quantitative estimate of drug-likeness (QED) is 0.797. The summed E-state index contributed by atoms with van der Waals surface area (Å²) in [6, 6.07) is 16.3. The number of rotatable bonds is 5. The molecule has 2 amide bonds. The predicted octanol–water partition coefficient (Wildman–Crippen LogP) is 4.95. The summed E-state index contributed by atoms with van der Waals surface area (Å²) in [5.41, 5.74) is 3.29. The van der Waals surface area contributed by atoms with E-state index < -0.39 is 0 Å². The van der Waals surface area contributed by atoms with Gasteiger partial charge >= 0.3 is 6.03 Å². The highest BCUT2D eigenvalue weighted by Gasteiger charge is 2.21. The zero-order valence-corrected chi connectivity index (χ0v) is 17.3. The maximum absolute atomic E-state index is 12.6. The number of carbonyl (C=O) groups excluding carboxylic acids is 1. The molecule has 2 aromatic carbocycles. The number of amides is 2. The Hall–Kier alpha value is -2.69. The van der Waals surface area contributed by atoms with Crippen LogP contribution >= 0.6 is 0 Å². The van der Waals surface area contributed by atoms with Gasteiger partial charge in [0.15, 0.2) is 0 Å². The Labute approximate surface area is 168 Å². The van der Waals surface area contributed by atoms with E-state index in [9.17, 15) is 4.79 Å². The molecule has 1 aliphatic heterocycles. The molecule has 28 heavy (non-hydrogen) atoms. The first-order valence-electron chi connectivity index (χ1n) is 10.1. The second-order valence-corrected chi connectivity index (χ2v) is 7.84. The zero-order chi connectivity index (χ0) is 20.1. The van der Waals surface area contributed by atoms with Crippen molar-refractivity contribution >= 4 is 17.4 Å². The molecule has 0 radical (unpaired) electrons. The number of urea groups is 1. The lowest BCUT2D eigenvalue weighted by atomic mass is 10.0. The Kier molecular flexibility index (Phi) is 6.45. The van der Waals surface area contributed by atoms with E-state index in [4.69, 9.17) is 4.74 Å². The number of ether oxygens (including phenoxy) is 1. The van der Waals surface area contributed by atoms with Crippen LogP contribution in [0.15, 0.2) is 48.5 Å². The van der Waals surface area contributed by atoms with Crippen LogP contribution in [0.1, 0.15) is 39.2 Å². The number of benzene rings is 2. The maximum Gasteiger partial charge on any atom is 0.321 e. The minimum absolute atomic E-state index is 0.0300. The van der Waals surface area contributed by atoms with Gasteiger partial charge in [-0.25, -0.2) is 4.79 Å². The second kappa shape index (κ2) is 9.00. The van der Waals surface area contributed by atoms with E-state index in [0.29, 0.717) is 19.0 Å². The normalized spacial score (nSPS) is 14.5. The largest absolute Gasteiger partial charge is 0.491 e. The van der Waals surface area contributed by atoms with Crippen molar-refractivity contribution in [1.29, 1.82) is 0 Å². The lowest BCUT2D eigenvalue weighted by molar-refractivity contribution is 0.208. The van der Waals surface area contributed by atoms with E-state index in [1.165, 1.54) is 11.3 Å². The van der Waals surface area contributed by atoms with Crippen molar-refractivity contribution < 1.29 is 9.53 Å². The van der Waals surface area contributed by atoms with Crippen LogP contribution in [-0.2, 0) is 0 Å². The molecule has 5 heteroatoms. The number of nitrogens with zero attached hydrogens (tertiary/aromatic N) is 2. The van der Waals surface area contributed by atoms with Crippen molar-refractivity contribution in [3.05, 3.63) is 54.1 Å². The van der Waals surface area contributed by atoms with Gasteiger partial charge in [0.2, 0.25) is 0 Å². The molecule has 1 heterocycles. The molecule has 0 aromatic heterocycles. The third-order valence-corrected chi connectivity index (χ3v) is 4.97. The fraction of sp³-hybridized carbons (Fsp3) is 0.435. The number of carbonyl (C=O) groups is 1. The summed E-state index contributed by atoms with van der Waals surface area (Å²) in [6.45, 7) is 11.4. The number of anilines is 2. The average molecular weight is 382 g/mol. The van der Waals surface area contributed by atoms with Gasteiger partial charge in [-0.1, -0.05) is 26.0 Å². The topological polar surface area (TPSA) is 44.8 Å². The minimum atomic E-state index is -0.0300. The van der Waals surface area contributed by atoms with E-state index >= 15 is 0 Å². The van der Waals surface area contributed by atoms with Crippen LogP contribution in [0, 0.1) is 0 Å². The van der Waals surface area contributed by atoms with Crippen LogP contribution in [0.5, 0.6) is 5.75 Å². The summed E-state index contributed by atoms with van der Waals surface area (Å²) in [5.74, 6) is 1.38. The van der Waals surface area contributed by atoms with Gasteiger partial charge in [0.1, 0.15) is 5.75 Å².